The van der Waals surface area contributed by atoms with E-state index < -0.39 is 40.3 Å². The first-order valence-corrected chi connectivity index (χ1v) is 14.5. The number of carbonyl (C=O) groups is 2. The zero-order chi connectivity index (χ0) is 29.2. The smallest absolute Gasteiger partial charge is 0.261 e. The lowest BCUT2D eigenvalue weighted by Crippen LogP contribution is -2.45. The first kappa shape index (κ1) is 29.9. The van der Waals surface area contributed by atoms with Crippen molar-refractivity contribution >= 4 is 21.8 Å². The SMILES string of the molecule is C=CCNC(=O)C(c1ccccc1)N(Cc1ccc(F)cc1)C(=O)COc1ccc(S(=O)(=O)N2CCOCC2)cc1. The number of carbonyl (C=O) groups excluding carboxylic acids is 2. The highest BCUT2D eigenvalue weighted by Crippen LogP contribution is 2.25. The van der Waals surface area contributed by atoms with Gasteiger partial charge in [0.25, 0.3) is 5.91 Å². The van der Waals surface area contributed by atoms with Crippen molar-refractivity contribution in [3.8, 4) is 5.75 Å². The van der Waals surface area contributed by atoms with Crippen molar-refractivity contribution in [1.82, 2.24) is 14.5 Å². The number of amides is 2. The molecule has 0 saturated carbocycles. The molecule has 9 nitrogen and oxygen atoms in total. The number of morpholine rings is 1. The minimum absolute atomic E-state index is 0.0142. The molecule has 0 bridgehead atoms. The van der Waals surface area contributed by atoms with Gasteiger partial charge in [0.05, 0.1) is 18.1 Å². The van der Waals surface area contributed by atoms with Crippen LogP contribution in [0.25, 0.3) is 0 Å². The Labute approximate surface area is 239 Å². The molecular formula is C30H32FN3O6S. The summed E-state index contributed by atoms with van der Waals surface area (Å²) in [5.41, 5.74) is 1.21. The van der Waals surface area contributed by atoms with Gasteiger partial charge in [-0.05, 0) is 47.5 Å². The molecule has 11 heteroatoms. The maximum Gasteiger partial charge on any atom is 0.261 e. The third kappa shape index (κ3) is 7.78. The van der Waals surface area contributed by atoms with Crippen LogP contribution in [0.2, 0.25) is 0 Å². The number of benzene rings is 3. The van der Waals surface area contributed by atoms with Gasteiger partial charge in [0.2, 0.25) is 15.9 Å². The molecule has 1 N–H and O–H groups in total. The highest BCUT2D eigenvalue weighted by molar-refractivity contribution is 7.89. The van der Waals surface area contributed by atoms with Crippen molar-refractivity contribution in [3.05, 3.63) is 108 Å². The Morgan fingerprint density at radius 1 is 1.02 bits per heavy atom. The van der Waals surface area contributed by atoms with Crippen molar-refractivity contribution in [2.75, 3.05) is 39.5 Å². The predicted octanol–water partition coefficient (Wildman–Crippen LogP) is 3.30. The topological polar surface area (TPSA) is 105 Å². The van der Waals surface area contributed by atoms with E-state index in [1.807, 2.05) is 0 Å². The van der Waals surface area contributed by atoms with E-state index in [4.69, 9.17) is 9.47 Å². The minimum Gasteiger partial charge on any atom is -0.484 e. The van der Waals surface area contributed by atoms with E-state index in [1.54, 1.807) is 42.5 Å². The van der Waals surface area contributed by atoms with Crippen molar-refractivity contribution < 1.29 is 31.9 Å². The summed E-state index contributed by atoms with van der Waals surface area (Å²) in [5, 5.41) is 2.76. The lowest BCUT2D eigenvalue weighted by atomic mass is 10.0. The normalized spacial score (nSPS) is 14.6. The monoisotopic (exact) mass is 581 g/mol. The van der Waals surface area contributed by atoms with Gasteiger partial charge in [0.15, 0.2) is 6.61 Å². The summed E-state index contributed by atoms with van der Waals surface area (Å²) in [6.07, 6.45) is 1.54. The minimum atomic E-state index is -3.68. The van der Waals surface area contributed by atoms with Crippen LogP contribution >= 0.6 is 0 Å². The molecule has 1 aliphatic rings. The number of halogens is 1. The third-order valence-electron chi connectivity index (χ3n) is 6.48. The lowest BCUT2D eigenvalue weighted by molar-refractivity contribution is -0.143. The van der Waals surface area contributed by atoms with E-state index in [0.29, 0.717) is 24.3 Å². The molecule has 1 fully saturated rings. The van der Waals surface area contributed by atoms with Gasteiger partial charge in [0, 0.05) is 26.2 Å². The molecule has 1 atom stereocenters. The van der Waals surface area contributed by atoms with Crippen LogP contribution in [0.1, 0.15) is 17.2 Å². The van der Waals surface area contributed by atoms with Crippen LogP contribution in [-0.2, 0) is 30.9 Å². The number of sulfonamides is 1. The molecule has 2 amide bonds. The molecule has 3 aromatic carbocycles. The highest BCUT2D eigenvalue weighted by Gasteiger charge is 2.32. The van der Waals surface area contributed by atoms with Crippen molar-refractivity contribution in [1.29, 1.82) is 0 Å². The van der Waals surface area contributed by atoms with Crippen molar-refractivity contribution in [3.63, 3.8) is 0 Å². The molecule has 0 radical (unpaired) electrons. The van der Waals surface area contributed by atoms with E-state index in [-0.39, 0.29) is 36.8 Å². The molecule has 41 heavy (non-hydrogen) atoms. The maximum atomic E-state index is 13.6. The summed E-state index contributed by atoms with van der Waals surface area (Å²) in [4.78, 5) is 28.4. The standard InChI is InChI=1S/C30H32FN3O6S/c1-2-16-32-30(36)29(24-6-4-3-5-7-24)34(21-23-8-10-25(31)11-9-23)28(35)22-40-26-12-14-27(15-13-26)41(37,38)33-17-19-39-20-18-33/h2-15,29H,1,16-22H2,(H,32,36). The molecule has 0 aromatic heterocycles. The van der Waals surface area contributed by atoms with E-state index in [9.17, 15) is 22.4 Å². The second-order valence-electron chi connectivity index (χ2n) is 9.27. The Morgan fingerprint density at radius 2 is 1.68 bits per heavy atom. The third-order valence-corrected chi connectivity index (χ3v) is 8.39. The molecule has 4 rings (SSSR count). The maximum absolute atomic E-state index is 13.6. The molecule has 0 spiro atoms. The second-order valence-corrected chi connectivity index (χ2v) is 11.2. The van der Waals surface area contributed by atoms with Gasteiger partial charge in [-0.2, -0.15) is 4.31 Å². The van der Waals surface area contributed by atoms with Gasteiger partial charge in [-0.1, -0.05) is 48.5 Å². The fourth-order valence-electron chi connectivity index (χ4n) is 4.36. The molecule has 3 aromatic rings. The predicted molar refractivity (Wildman–Crippen MR) is 151 cm³/mol. The molecule has 1 unspecified atom stereocenters. The Bertz CT molecular complexity index is 1430. The van der Waals surface area contributed by atoms with Crippen LogP contribution in [0, 0.1) is 5.82 Å². The fourth-order valence-corrected chi connectivity index (χ4v) is 5.77. The van der Waals surface area contributed by atoms with Crippen molar-refractivity contribution in [2.45, 2.75) is 17.5 Å². The highest BCUT2D eigenvalue weighted by atomic mass is 32.2. The van der Waals surface area contributed by atoms with Gasteiger partial charge >= 0.3 is 0 Å². The quantitative estimate of drug-likeness (QED) is 0.329. The number of ether oxygens (including phenoxy) is 2. The second kappa shape index (κ2) is 14.0. The summed E-state index contributed by atoms with van der Waals surface area (Å²) in [6.45, 7) is 4.67. The van der Waals surface area contributed by atoms with E-state index in [0.717, 1.165) is 0 Å². The molecule has 1 aliphatic heterocycles. The fraction of sp³-hybridized carbons (Fsp3) is 0.267. The Hall–Kier alpha value is -4.06. The van der Waals surface area contributed by atoms with Crippen LogP contribution in [0.4, 0.5) is 4.39 Å². The Balaban J connectivity index is 1.55. The van der Waals surface area contributed by atoms with Crippen LogP contribution < -0.4 is 10.1 Å². The Morgan fingerprint density at radius 3 is 2.32 bits per heavy atom. The molecular weight excluding hydrogens is 549 g/mol. The summed E-state index contributed by atoms with van der Waals surface area (Å²) in [5.74, 6) is -1.04. The summed E-state index contributed by atoms with van der Waals surface area (Å²) >= 11 is 0. The summed E-state index contributed by atoms with van der Waals surface area (Å²) in [6, 6.07) is 19.3. The van der Waals surface area contributed by atoms with Gasteiger partial charge in [-0.15, -0.1) is 6.58 Å². The van der Waals surface area contributed by atoms with Crippen LogP contribution in [-0.4, -0.2) is 68.9 Å². The Kier molecular flexibility index (Phi) is 10.2. The number of hydrogen-bond acceptors (Lipinski definition) is 6. The largest absolute Gasteiger partial charge is 0.484 e. The average Bonchev–Trinajstić information content (AvgIpc) is 3.00. The summed E-state index contributed by atoms with van der Waals surface area (Å²) in [7, 11) is -3.68. The number of nitrogens with zero attached hydrogens (tertiary/aromatic N) is 2. The first-order valence-electron chi connectivity index (χ1n) is 13.1. The number of rotatable bonds is 12. The zero-order valence-electron chi connectivity index (χ0n) is 22.4. The van der Waals surface area contributed by atoms with Crippen molar-refractivity contribution in [2.24, 2.45) is 0 Å². The molecule has 1 saturated heterocycles. The zero-order valence-corrected chi connectivity index (χ0v) is 23.3. The molecule has 1 heterocycles. The van der Waals surface area contributed by atoms with E-state index in [2.05, 4.69) is 11.9 Å². The number of nitrogens with one attached hydrogen (secondary N) is 1. The van der Waals surface area contributed by atoms with E-state index >= 15 is 0 Å². The molecule has 216 valence electrons. The first-order chi connectivity index (χ1) is 19.8. The van der Waals surface area contributed by atoms with Crippen LogP contribution in [0.15, 0.2) is 96.4 Å². The lowest BCUT2D eigenvalue weighted by Gasteiger charge is -2.31. The van der Waals surface area contributed by atoms with Gasteiger partial charge in [0.1, 0.15) is 17.6 Å². The van der Waals surface area contributed by atoms with E-state index in [1.165, 1.54) is 51.7 Å². The molecule has 0 aliphatic carbocycles. The average molecular weight is 582 g/mol. The van der Waals surface area contributed by atoms with Gasteiger partial charge in [-0.3, -0.25) is 9.59 Å². The van der Waals surface area contributed by atoms with Crippen LogP contribution in [0.5, 0.6) is 5.75 Å². The number of hydrogen-bond donors (Lipinski definition) is 1. The summed E-state index contributed by atoms with van der Waals surface area (Å²) < 4.78 is 51.7. The van der Waals surface area contributed by atoms with Gasteiger partial charge < -0.3 is 19.7 Å². The van der Waals surface area contributed by atoms with Crippen LogP contribution in [0.3, 0.4) is 0 Å². The van der Waals surface area contributed by atoms with Gasteiger partial charge in [-0.25, -0.2) is 12.8 Å².